The van der Waals surface area contributed by atoms with Gasteiger partial charge in [-0.15, -0.1) is 22.7 Å². The minimum absolute atomic E-state index is 0.0470. The first kappa shape index (κ1) is 14.9. The van der Waals surface area contributed by atoms with Crippen LogP contribution in [0.1, 0.15) is 18.7 Å². The fourth-order valence-electron chi connectivity index (χ4n) is 2.39. The van der Waals surface area contributed by atoms with Crippen molar-refractivity contribution in [2.75, 3.05) is 0 Å². The normalized spacial score (nSPS) is 11.1. The van der Waals surface area contributed by atoms with Gasteiger partial charge < -0.3 is 5.11 Å². The van der Waals surface area contributed by atoms with E-state index in [0.29, 0.717) is 24.2 Å². The maximum absolute atomic E-state index is 12.8. The second kappa shape index (κ2) is 6.02. The molecule has 0 aromatic carbocycles. The van der Waals surface area contributed by atoms with Crippen LogP contribution in [-0.2, 0) is 11.3 Å². The molecule has 0 aliphatic heterocycles. The van der Waals surface area contributed by atoms with Gasteiger partial charge in [0.15, 0.2) is 0 Å². The van der Waals surface area contributed by atoms with Crippen LogP contribution in [0.3, 0.4) is 0 Å². The lowest BCUT2D eigenvalue weighted by Gasteiger charge is -2.09. The lowest BCUT2D eigenvalue weighted by atomic mass is 10.2. The van der Waals surface area contributed by atoms with Crippen LogP contribution < -0.4 is 5.56 Å². The molecule has 0 fully saturated rings. The number of carboxylic acids is 1. The Morgan fingerprint density at radius 3 is 2.91 bits per heavy atom. The zero-order valence-electron chi connectivity index (χ0n) is 11.9. The van der Waals surface area contributed by atoms with E-state index in [1.807, 2.05) is 22.9 Å². The second-order valence-corrected chi connectivity index (χ2v) is 6.73. The van der Waals surface area contributed by atoms with Crippen molar-refractivity contribution in [1.29, 1.82) is 0 Å². The van der Waals surface area contributed by atoms with E-state index in [9.17, 15) is 9.59 Å². The van der Waals surface area contributed by atoms with Gasteiger partial charge in [-0.2, -0.15) is 0 Å². The number of aryl methyl sites for hydroxylation is 1. The lowest BCUT2D eigenvalue weighted by molar-refractivity contribution is -0.137. The average molecular weight is 334 g/mol. The molecule has 5 nitrogen and oxygen atoms in total. The van der Waals surface area contributed by atoms with E-state index in [4.69, 9.17) is 5.11 Å². The molecule has 7 heteroatoms. The van der Waals surface area contributed by atoms with Crippen molar-refractivity contribution in [3.8, 4) is 10.4 Å². The molecule has 3 rings (SSSR count). The Balaban J connectivity index is 2.08. The highest BCUT2D eigenvalue weighted by Gasteiger charge is 2.15. The predicted octanol–water partition coefficient (Wildman–Crippen LogP) is 3.36. The van der Waals surface area contributed by atoms with Gasteiger partial charge in [0.05, 0.1) is 5.39 Å². The molecular formula is C15H14N2O3S2. The minimum Gasteiger partial charge on any atom is -0.481 e. The molecule has 0 atom stereocenters. The fourth-order valence-corrected chi connectivity index (χ4v) is 4.19. The molecule has 114 valence electrons. The van der Waals surface area contributed by atoms with Crippen LogP contribution in [-0.4, -0.2) is 20.6 Å². The highest BCUT2D eigenvalue weighted by atomic mass is 32.1. The van der Waals surface area contributed by atoms with Crippen LogP contribution in [0.15, 0.2) is 27.7 Å². The van der Waals surface area contributed by atoms with Gasteiger partial charge in [0.2, 0.25) is 0 Å². The number of aliphatic carboxylic acids is 1. The lowest BCUT2D eigenvalue weighted by Crippen LogP contribution is -2.24. The molecule has 0 aliphatic rings. The quantitative estimate of drug-likeness (QED) is 0.776. The van der Waals surface area contributed by atoms with E-state index in [-0.39, 0.29) is 12.0 Å². The molecule has 0 bridgehead atoms. The van der Waals surface area contributed by atoms with Gasteiger partial charge in [0.1, 0.15) is 10.7 Å². The first-order valence-corrected chi connectivity index (χ1v) is 8.58. The number of carbonyl (C=O) groups is 1. The van der Waals surface area contributed by atoms with Gasteiger partial charge in [0.25, 0.3) is 5.56 Å². The van der Waals surface area contributed by atoms with E-state index in [1.54, 1.807) is 22.8 Å². The summed E-state index contributed by atoms with van der Waals surface area (Å²) in [6, 6.07) is 3.94. The molecular weight excluding hydrogens is 320 g/mol. The number of fused-ring (bicyclic) bond motifs is 1. The molecule has 0 unspecified atom stereocenters. The summed E-state index contributed by atoms with van der Waals surface area (Å²) in [4.78, 5) is 29.7. The minimum atomic E-state index is -0.852. The molecule has 0 saturated heterocycles. The summed E-state index contributed by atoms with van der Waals surface area (Å²) >= 11 is 3.06. The molecule has 0 amide bonds. The van der Waals surface area contributed by atoms with Gasteiger partial charge in [-0.25, -0.2) is 4.98 Å². The smallest absolute Gasteiger partial charge is 0.303 e. The molecule has 0 radical (unpaired) electrons. The fraction of sp³-hybridized carbons (Fsp3) is 0.267. The van der Waals surface area contributed by atoms with Crippen molar-refractivity contribution in [3.63, 3.8) is 0 Å². The van der Waals surface area contributed by atoms with Crippen molar-refractivity contribution in [2.45, 2.75) is 26.3 Å². The van der Waals surface area contributed by atoms with Crippen LogP contribution in [0.4, 0.5) is 0 Å². The molecule has 1 N–H and O–H groups in total. The van der Waals surface area contributed by atoms with Crippen molar-refractivity contribution in [1.82, 2.24) is 9.55 Å². The Morgan fingerprint density at radius 1 is 1.41 bits per heavy atom. The number of hydrogen-bond acceptors (Lipinski definition) is 5. The van der Waals surface area contributed by atoms with Gasteiger partial charge in [-0.3, -0.25) is 14.2 Å². The van der Waals surface area contributed by atoms with Crippen molar-refractivity contribution < 1.29 is 9.90 Å². The van der Waals surface area contributed by atoms with Crippen LogP contribution in [0.25, 0.3) is 20.7 Å². The summed E-state index contributed by atoms with van der Waals surface area (Å²) in [5, 5.41) is 13.3. The maximum atomic E-state index is 12.8. The Hall–Kier alpha value is -1.99. The summed E-state index contributed by atoms with van der Waals surface area (Å²) < 4.78 is 1.58. The first-order valence-electron chi connectivity index (χ1n) is 6.82. The Morgan fingerprint density at radius 2 is 2.23 bits per heavy atom. The number of hydrogen-bond donors (Lipinski definition) is 1. The molecule has 3 aromatic rings. The van der Waals surface area contributed by atoms with E-state index in [1.165, 1.54) is 11.3 Å². The highest BCUT2D eigenvalue weighted by molar-refractivity contribution is 7.18. The van der Waals surface area contributed by atoms with E-state index < -0.39 is 5.97 Å². The van der Waals surface area contributed by atoms with E-state index in [2.05, 4.69) is 4.98 Å². The van der Waals surface area contributed by atoms with Crippen LogP contribution in [0.2, 0.25) is 0 Å². The van der Waals surface area contributed by atoms with Gasteiger partial charge in [-0.1, -0.05) is 6.07 Å². The van der Waals surface area contributed by atoms with Crippen molar-refractivity contribution in [2.24, 2.45) is 0 Å². The number of nitrogens with zero attached hydrogens (tertiary/aromatic N) is 2. The van der Waals surface area contributed by atoms with Gasteiger partial charge in [-0.05, 0) is 24.8 Å². The van der Waals surface area contributed by atoms with Gasteiger partial charge >= 0.3 is 5.97 Å². The highest BCUT2D eigenvalue weighted by Crippen LogP contribution is 2.33. The number of aromatic nitrogens is 2. The molecule has 0 aliphatic carbocycles. The number of rotatable bonds is 5. The average Bonchev–Trinajstić information content (AvgIpc) is 3.10. The van der Waals surface area contributed by atoms with E-state index in [0.717, 1.165) is 15.3 Å². The van der Waals surface area contributed by atoms with E-state index >= 15 is 0 Å². The third-order valence-corrected chi connectivity index (χ3v) is 5.22. The number of carboxylic acid groups (broad SMARTS) is 1. The standard InChI is InChI=1S/C15H14N2O3S2/c1-9-16-14-13(10(8-22-14)11-4-3-7-21-11)15(20)17(9)6-2-5-12(18)19/h3-4,7-8H,2,5-6H2,1H3,(H,18,19). The van der Waals surface area contributed by atoms with Crippen molar-refractivity contribution in [3.05, 3.63) is 39.1 Å². The summed E-state index contributed by atoms with van der Waals surface area (Å²) in [5.41, 5.74) is 0.831. The van der Waals surface area contributed by atoms with Gasteiger partial charge in [0, 0.05) is 28.8 Å². The summed E-state index contributed by atoms with van der Waals surface area (Å²) in [6.45, 7) is 2.16. The third kappa shape index (κ3) is 2.69. The second-order valence-electron chi connectivity index (χ2n) is 4.92. The zero-order valence-corrected chi connectivity index (χ0v) is 13.5. The number of thiophene rings is 2. The van der Waals surface area contributed by atoms with Crippen LogP contribution in [0.5, 0.6) is 0 Å². The first-order chi connectivity index (χ1) is 10.6. The van der Waals surface area contributed by atoms with Crippen molar-refractivity contribution >= 4 is 38.9 Å². The largest absolute Gasteiger partial charge is 0.481 e. The molecule has 3 aromatic heterocycles. The molecule has 0 spiro atoms. The Bertz CT molecular complexity index is 878. The predicted molar refractivity (Wildman–Crippen MR) is 88.8 cm³/mol. The Labute approximate surface area is 134 Å². The summed E-state index contributed by atoms with van der Waals surface area (Å²) in [5.74, 6) is -0.225. The summed E-state index contributed by atoms with van der Waals surface area (Å²) in [7, 11) is 0. The zero-order chi connectivity index (χ0) is 15.7. The topological polar surface area (TPSA) is 72.2 Å². The SMILES string of the molecule is Cc1nc2scc(-c3cccs3)c2c(=O)n1CCCC(=O)O. The molecule has 0 saturated carbocycles. The Kier molecular flexibility index (Phi) is 4.08. The maximum Gasteiger partial charge on any atom is 0.303 e. The molecule has 3 heterocycles. The summed E-state index contributed by atoms with van der Waals surface area (Å²) in [6.07, 6.45) is 0.465. The monoisotopic (exact) mass is 334 g/mol. The van der Waals surface area contributed by atoms with Crippen LogP contribution in [0, 0.1) is 6.92 Å². The van der Waals surface area contributed by atoms with Crippen LogP contribution >= 0.6 is 22.7 Å². The molecule has 22 heavy (non-hydrogen) atoms. The third-order valence-electron chi connectivity index (χ3n) is 3.44.